The first-order valence-electron chi connectivity index (χ1n) is 8.39. The van der Waals surface area contributed by atoms with Crippen molar-refractivity contribution in [1.29, 1.82) is 0 Å². The van der Waals surface area contributed by atoms with Crippen LogP contribution in [0.5, 0.6) is 0 Å². The summed E-state index contributed by atoms with van der Waals surface area (Å²) in [6.07, 6.45) is 9.18. The number of hydrogen-bond acceptors (Lipinski definition) is 3. The zero-order valence-corrected chi connectivity index (χ0v) is 16.9. The first-order chi connectivity index (χ1) is 10.2. The third-order valence-electron chi connectivity index (χ3n) is 5.60. The maximum Gasteiger partial charge on any atom is 0.192 e. The quantitative estimate of drug-likeness (QED) is 0.511. The number of aryl methyl sites for hydroxylation is 1. The Kier molecular flexibility index (Phi) is 5.50. The zero-order valence-electron chi connectivity index (χ0n) is 15.1. The minimum atomic E-state index is -1.62. The molecule has 0 bridgehead atoms. The molecule has 0 amide bonds. The smallest absolute Gasteiger partial charge is 0.192 e. The summed E-state index contributed by atoms with van der Waals surface area (Å²) in [6, 6.07) is 0. The Bertz CT molecular complexity index is 489. The molecule has 0 aromatic carbocycles. The van der Waals surface area contributed by atoms with Crippen LogP contribution in [0, 0.1) is 5.41 Å². The monoisotopic (exact) mass is 340 g/mol. The molecule has 0 radical (unpaired) electrons. The number of imidazole rings is 1. The maximum absolute atomic E-state index is 6.52. The Hall–Kier alpha value is -0.263. The standard InChI is InChI=1S/C17H32N2OSSi/c1-16(2,3)22(5,6)20-14-17(8-7-9-17)10-13-21-15-18-11-12-19(15)4/h11-12H,7-10,13-14H2,1-6H3. The normalized spacial score (nSPS) is 18.3. The van der Waals surface area contributed by atoms with Crippen LogP contribution in [0.4, 0.5) is 0 Å². The predicted octanol–water partition coefficient (Wildman–Crippen LogP) is 5.09. The molecule has 0 aliphatic heterocycles. The van der Waals surface area contributed by atoms with Gasteiger partial charge in [0.25, 0.3) is 0 Å². The van der Waals surface area contributed by atoms with E-state index >= 15 is 0 Å². The van der Waals surface area contributed by atoms with Crippen LogP contribution in [-0.4, -0.2) is 30.2 Å². The van der Waals surface area contributed by atoms with Gasteiger partial charge in [-0.2, -0.15) is 0 Å². The van der Waals surface area contributed by atoms with Crippen LogP contribution in [0.25, 0.3) is 0 Å². The molecule has 0 atom stereocenters. The topological polar surface area (TPSA) is 27.1 Å². The fraction of sp³-hybridized carbons (Fsp3) is 0.824. The van der Waals surface area contributed by atoms with Gasteiger partial charge in [0, 0.05) is 31.8 Å². The first kappa shape index (κ1) is 18.1. The zero-order chi connectivity index (χ0) is 16.4. The highest BCUT2D eigenvalue weighted by Gasteiger charge is 2.42. The number of nitrogens with zero attached hydrogens (tertiary/aromatic N) is 2. The van der Waals surface area contributed by atoms with Crippen LogP contribution in [0.15, 0.2) is 17.6 Å². The van der Waals surface area contributed by atoms with Gasteiger partial charge in [-0.15, -0.1) is 0 Å². The summed E-state index contributed by atoms with van der Waals surface area (Å²) in [5.74, 6) is 1.14. The van der Waals surface area contributed by atoms with Crippen molar-refractivity contribution < 1.29 is 4.43 Å². The number of thioether (sulfide) groups is 1. The third kappa shape index (κ3) is 4.18. The van der Waals surface area contributed by atoms with Crippen LogP contribution in [0.3, 0.4) is 0 Å². The lowest BCUT2D eigenvalue weighted by Gasteiger charge is -2.46. The molecular weight excluding hydrogens is 308 g/mol. The van der Waals surface area contributed by atoms with Gasteiger partial charge in [-0.25, -0.2) is 4.98 Å². The highest BCUT2D eigenvalue weighted by molar-refractivity contribution is 7.99. The van der Waals surface area contributed by atoms with E-state index in [0.29, 0.717) is 10.5 Å². The summed E-state index contributed by atoms with van der Waals surface area (Å²) in [6.45, 7) is 12.7. The van der Waals surface area contributed by atoms with E-state index in [9.17, 15) is 0 Å². The van der Waals surface area contributed by atoms with Crippen LogP contribution in [0.2, 0.25) is 18.1 Å². The molecule has 1 saturated carbocycles. The Balaban J connectivity index is 1.83. The summed E-state index contributed by atoms with van der Waals surface area (Å²) < 4.78 is 8.62. The number of aromatic nitrogens is 2. The molecule has 126 valence electrons. The molecule has 0 unspecified atom stereocenters. The van der Waals surface area contributed by atoms with Crippen molar-refractivity contribution >= 4 is 20.1 Å². The van der Waals surface area contributed by atoms with E-state index in [0.717, 1.165) is 17.5 Å². The van der Waals surface area contributed by atoms with Crippen molar-refractivity contribution in [3.63, 3.8) is 0 Å². The van der Waals surface area contributed by atoms with Crippen LogP contribution < -0.4 is 0 Å². The third-order valence-corrected chi connectivity index (χ3v) is 11.1. The van der Waals surface area contributed by atoms with Crippen molar-refractivity contribution in [2.45, 2.75) is 69.7 Å². The van der Waals surface area contributed by atoms with Crippen molar-refractivity contribution in [1.82, 2.24) is 9.55 Å². The highest BCUT2D eigenvalue weighted by atomic mass is 32.2. The van der Waals surface area contributed by atoms with Crippen molar-refractivity contribution in [3.8, 4) is 0 Å². The van der Waals surface area contributed by atoms with Crippen LogP contribution in [-0.2, 0) is 11.5 Å². The fourth-order valence-electron chi connectivity index (χ4n) is 2.54. The fourth-order valence-corrected chi connectivity index (χ4v) is 4.76. The lowest BCUT2D eigenvalue weighted by atomic mass is 9.68. The predicted molar refractivity (Wildman–Crippen MR) is 98.0 cm³/mol. The second-order valence-electron chi connectivity index (χ2n) is 8.32. The van der Waals surface area contributed by atoms with Crippen molar-refractivity contribution in [3.05, 3.63) is 12.4 Å². The van der Waals surface area contributed by atoms with E-state index in [-0.39, 0.29) is 0 Å². The van der Waals surface area contributed by atoms with Crippen LogP contribution >= 0.6 is 11.8 Å². The molecule has 2 rings (SSSR count). The highest BCUT2D eigenvalue weighted by Crippen LogP contribution is 2.47. The molecule has 3 nitrogen and oxygen atoms in total. The summed E-state index contributed by atoms with van der Waals surface area (Å²) >= 11 is 1.88. The average Bonchev–Trinajstić information content (AvgIpc) is 2.76. The van der Waals surface area contributed by atoms with E-state index in [4.69, 9.17) is 4.43 Å². The van der Waals surface area contributed by atoms with Crippen molar-refractivity contribution in [2.24, 2.45) is 12.5 Å². The van der Waals surface area contributed by atoms with E-state index < -0.39 is 8.32 Å². The van der Waals surface area contributed by atoms with Gasteiger partial charge in [0.1, 0.15) is 0 Å². The van der Waals surface area contributed by atoms with Gasteiger partial charge in [-0.1, -0.05) is 39.0 Å². The molecule has 5 heteroatoms. The average molecular weight is 341 g/mol. The Morgan fingerprint density at radius 1 is 1.36 bits per heavy atom. The van der Waals surface area contributed by atoms with Gasteiger partial charge in [0.05, 0.1) is 0 Å². The summed E-state index contributed by atoms with van der Waals surface area (Å²) in [4.78, 5) is 4.40. The maximum atomic E-state index is 6.52. The molecule has 1 fully saturated rings. The summed E-state index contributed by atoms with van der Waals surface area (Å²) in [5, 5.41) is 1.43. The molecule has 1 aromatic rings. The van der Waals surface area contributed by atoms with E-state index in [1.54, 1.807) is 0 Å². The SMILES string of the molecule is Cn1ccnc1SCCC1(CO[Si](C)(C)C(C)(C)C)CCC1. The largest absolute Gasteiger partial charge is 0.416 e. The number of hydrogen-bond donors (Lipinski definition) is 0. The Morgan fingerprint density at radius 3 is 2.50 bits per heavy atom. The summed E-state index contributed by atoms with van der Waals surface area (Å²) in [7, 11) is 0.443. The molecule has 0 saturated heterocycles. The minimum Gasteiger partial charge on any atom is -0.416 e. The van der Waals surface area contributed by atoms with Gasteiger partial charge < -0.3 is 8.99 Å². The number of rotatable bonds is 7. The minimum absolute atomic E-state index is 0.305. The Morgan fingerprint density at radius 2 is 2.05 bits per heavy atom. The van der Waals surface area contributed by atoms with Gasteiger partial charge in [0.2, 0.25) is 0 Å². The molecule has 22 heavy (non-hydrogen) atoms. The molecular formula is C17H32N2OSSi. The Labute approximate surface area is 141 Å². The molecule has 1 aromatic heterocycles. The van der Waals surface area contributed by atoms with Gasteiger partial charge in [-0.05, 0) is 42.8 Å². The van der Waals surface area contributed by atoms with Gasteiger partial charge in [-0.3, -0.25) is 0 Å². The lowest BCUT2D eigenvalue weighted by Crippen LogP contribution is -2.46. The van der Waals surface area contributed by atoms with E-state index in [1.165, 1.54) is 25.7 Å². The first-order valence-corrected chi connectivity index (χ1v) is 12.3. The molecule has 1 aliphatic rings. The van der Waals surface area contributed by atoms with Gasteiger partial charge >= 0.3 is 0 Å². The summed E-state index contributed by atoms with van der Waals surface area (Å²) in [5.41, 5.74) is 0.438. The van der Waals surface area contributed by atoms with Gasteiger partial charge in [0.15, 0.2) is 13.5 Å². The molecule has 0 spiro atoms. The molecule has 1 heterocycles. The second kappa shape index (κ2) is 6.69. The second-order valence-corrected chi connectivity index (χ2v) is 14.2. The van der Waals surface area contributed by atoms with Crippen molar-refractivity contribution in [2.75, 3.05) is 12.4 Å². The van der Waals surface area contributed by atoms with E-state index in [2.05, 4.69) is 50.5 Å². The molecule has 0 N–H and O–H groups in total. The van der Waals surface area contributed by atoms with Crippen LogP contribution in [0.1, 0.15) is 46.5 Å². The molecule has 1 aliphatic carbocycles. The van der Waals surface area contributed by atoms with E-state index in [1.807, 2.05) is 24.2 Å². The lowest BCUT2D eigenvalue weighted by molar-refractivity contribution is 0.0479.